The van der Waals surface area contributed by atoms with Gasteiger partial charge in [0.1, 0.15) is 4.88 Å². The molecule has 0 saturated carbocycles. The fraction of sp³-hybridized carbons (Fsp3) is 0.520. The summed E-state index contributed by atoms with van der Waals surface area (Å²) in [5, 5.41) is 5.71. The first kappa shape index (κ1) is 22.8. The van der Waals surface area contributed by atoms with Gasteiger partial charge in [-0.15, -0.1) is 11.3 Å². The zero-order chi connectivity index (χ0) is 22.8. The maximum Gasteiger partial charge on any atom is 0.265 e. The van der Waals surface area contributed by atoms with Crippen molar-refractivity contribution in [3.63, 3.8) is 0 Å². The third kappa shape index (κ3) is 5.11. The minimum atomic E-state index is -0.0391. The number of benzene rings is 1. The Morgan fingerprint density at radius 3 is 2.52 bits per heavy atom. The van der Waals surface area contributed by atoms with E-state index in [2.05, 4.69) is 22.3 Å². The van der Waals surface area contributed by atoms with Gasteiger partial charge < -0.3 is 19.9 Å². The molecule has 1 N–H and O–H groups in total. The fourth-order valence-electron chi connectivity index (χ4n) is 5.38. The van der Waals surface area contributed by atoms with Crippen LogP contribution in [0.3, 0.4) is 0 Å². The van der Waals surface area contributed by atoms with Gasteiger partial charge in [-0.05, 0) is 41.7 Å². The van der Waals surface area contributed by atoms with Crippen LogP contribution in [0.15, 0.2) is 41.8 Å². The van der Waals surface area contributed by atoms with E-state index >= 15 is 0 Å². The number of nitrogens with one attached hydrogen (secondary N) is 1. The number of thiophene rings is 1. The molecule has 1 aromatic heterocycles. The Labute approximate surface area is 203 Å². The second kappa shape index (κ2) is 10.1. The lowest BCUT2D eigenvalue weighted by atomic mass is 10.0. The molecule has 0 bridgehead atoms. The van der Waals surface area contributed by atoms with Gasteiger partial charge in [-0.1, -0.05) is 41.9 Å². The van der Waals surface area contributed by atoms with Gasteiger partial charge in [0.25, 0.3) is 5.91 Å². The number of likely N-dealkylation sites (tertiary alicyclic amines) is 2. The minimum Gasteiger partial charge on any atom is -0.381 e. The highest BCUT2D eigenvalue weighted by Crippen LogP contribution is 2.34. The molecule has 3 aliphatic heterocycles. The van der Waals surface area contributed by atoms with E-state index in [1.165, 1.54) is 11.3 Å². The molecular weight excluding hydrogens is 458 g/mol. The fourth-order valence-corrected chi connectivity index (χ4v) is 6.48. The van der Waals surface area contributed by atoms with E-state index in [4.69, 9.17) is 16.3 Å². The van der Waals surface area contributed by atoms with Crippen molar-refractivity contribution in [1.29, 1.82) is 0 Å². The molecule has 5 rings (SSSR count). The normalized spacial score (nSPS) is 25.8. The topological polar surface area (TPSA) is 61.9 Å². The first-order chi connectivity index (χ1) is 16.1. The summed E-state index contributed by atoms with van der Waals surface area (Å²) in [7, 11) is 0. The molecule has 3 fully saturated rings. The number of fused-ring (bicyclic) bond motifs is 1. The van der Waals surface area contributed by atoms with E-state index in [9.17, 15) is 9.59 Å². The average Bonchev–Trinajstić information content (AvgIpc) is 3.61. The van der Waals surface area contributed by atoms with Crippen molar-refractivity contribution in [3.05, 3.63) is 57.2 Å². The smallest absolute Gasteiger partial charge is 0.265 e. The molecule has 176 valence electrons. The predicted octanol–water partition coefficient (Wildman–Crippen LogP) is 3.69. The monoisotopic (exact) mass is 487 g/mol. The zero-order valence-corrected chi connectivity index (χ0v) is 20.2. The van der Waals surface area contributed by atoms with Crippen LogP contribution in [0.2, 0.25) is 5.02 Å². The number of carbonyl (C=O) groups excluding carboxylic acids is 2. The first-order valence-corrected chi connectivity index (χ1v) is 13.0. The third-order valence-electron chi connectivity index (χ3n) is 7.21. The highest BCUT2D eigenvalue weighted by molar-refractivity contribution is 7.12. The number of carbonyl (C=O) groups is 2. The van der Waals surface area contributed by atoms with Crippen LogP contribution in [-0.2, 0) is 9.53 Å². The van der Waals surface area contributed by atoms with Crippen LogP contribution < -0.4 is 5.32 Å². The first-order valence-electron chi connectivity index (χ1n) is 11.8. The summed E-state index contributed by atoms with van der Waals surface area (Å²) in [5.41, 5.74) is 1.15. The summed E-state index contributed by atoms with van der Waals surface area (Å²) in [4.78, 5) is 30.7. The van der Waals surface area contributed by atoms with Crippen LogP contribution in [-0.4, -0.2) is 67.6 Å². The Hall–Kier alpha value is -1.93. The van der Waals surface area contributed by atoms with Gasteiger partial charge in [0.2, 0.25) is 5.91 Å². The van der Waals surface area contributed by atoms with E-state index in [-0.39, 0.29) is 23.8 Å². The van der Waals surface area contributed by atoms with Gasteiger partial charge in [-0.25, -0.2) is 0 Å². The van der Waals surface area contributed by atoms with Crippen molar-refractivity contribution in [3.8, 4) is 0 Å². The van der Waals surface area contributed by atoms with E-state index in [1.54, 1.807) is 6.07 Å². The molecule has 0 spiro atoms. The molecule has 0 radical (unpaired) electrons. The average molecular weight is 488 g/mol. The zero-order valence-electron chi connectivity index (χ0n) is 18.6. The standard InChI is InChI=1S/C25H30ClN3O3S/c26-21-8-11-33-23(21)25(31)29-14-19-12-28(13-20(19)15-29)9-6-22(17-4-2-1-3-5-17)27-24(30)18-7-10-32-16-18/h1-5,8,11,18-20,22H,6-7,9-10,12-16H2,(H,27,30)/t18?,19-,20?,22?/m0/s1. The Morgan fingerprint density at radius 2 is 1.88 bits per heavy atom. The van der Waals surface area contributed by atoms with Crippen molar-refractivity contribution < 1.29 is 14.3 Å². The highest BCUT2D eigenvalue weighted by Gasteiger charge is 2.42. The molecular formula is C25H30ClN3O3S. The van der Waals surface area contributed by atoms with Crippen molar-refractivity contribution in [1.82, 2.24) is 15.1 Å². The van der Waals surface area contributed by atoms with Gasteiger partial charge >= 0.3 is 0 Å². The number of halogens is 1. The molecule has 4 atom stereocenters. The van der Waals surface area contributed by atoms with Crippen LogP contribution in [0.25, 0.3) is 0 Å². The maximum absolute atomic E-state index is 12.8. The molecule has 0 aliphatic carbocycles. The maximum atomic E-state index is 12.8. The second-order valence-electron chi connectivity index (χ2n) is 9.41. The summed E-state index contributed by atoms with van der Waals surface area (Å²) in [6, 6.07) is 12.0. The van der Waals surface area contributed by atoms with Gasteiger partial charge in [-0.2, -0.15) is 0 Å². The van der Waals surface area contributed by atoms with Crippen LogP contribution in [0.1, 0.15) is 34.1 Å². The Bertz CT molecular complexity index is 964. The van der Waals surface area contributed by atoms with E-state index in [1.807, 2.05) is 28.5 Å². The molecule has 3 aliphatic rings. The van der Waals surface area contributed by atoms with Crippen LogP contribution >= 0.6 is 22.9 Å². The number of hydrogen-bond donors (Lipinski definition) is 1. The lowest BCUT2D eigenvalue weighted by molar-refractivity contribution is -0.125. The summed E-state index contributed by atoms with van der Waals surface area (Å²) < 4.78 is 5.40. The molecule has 2 amide bonds. The van der Waals surface area contributed by atoms with Crippen LogP contribution in [0, 0.1) is 17.8 Å². The predicted molar refractivity (Wildman–Crippen MR) is 130 cm³/mol. The summed E-state index contributed by atoms with van der Waals surface area (Å²) in [5.74, 6) is 1.14. The van der Waals surface area contributed by atoms with Gasteiger partial charge in [-0.3, -0.25) is 9.59 Å². The number of hydrogen-bond acceptors (Lipinski definition) is 5. The van der Waals surface area contributed by atoms with E-state index < -0.39 is 0 Å². The molecule has 3 unspecified atom stereocenters. The number of ether oxygens (including phenoxy) is 1. The molecule has 8 heteroatoms. The van der Waals surface area contributed by atoms with Crippen molar-refractivity contribution >= 4 is 34.8 Å². The number of rotatable bonds is 7. The van der Waals surface area contributed by atoms with Crippen molar-refractivity contribution in [2.75, 3.05) is 45.9 Å². The summed E-state index contributed by atoms with van der Waals surface area (Å²) >= 11 is 7.59. The molecule has 1 aromatic carbocycles. The highest BCUT2D eigenvalue weighted by atomic mass is 35.5. The van der Waals surface area contributed by atoms with Gasteiger partial charge in [0, 0.05) is 39.3 Å². The van der Waals surface area contributed by atoms with Crippen molar-refractivity contribution in [2.45, 2.75) is 18.9 Å². The molecule has 4 heterocycles. The molecule has 6 nitrogen and oxygen atoms in total. The van der Waals surface area contributed by atoms with Crippen LogP contribution in [0.5, 0.6) is 0 Å². The number of amides is 2. The second-order valence-corrected chi connectivity index (χ2v) is 10.7. The Balaban J connectivity index is 1.15. The van der Waals surface area contributed by atoms with Gasteiger partial charge in [0.05, 0.1) is 23.6 Å². The number of nitrogens with zero attached hydrogens (tertiary/aromatic N) is 2. The molecule has 3 saturated heterocycles. The Kier molecular flexibility index (Phi) is 7.02. The SMILES string of the molecule is O=C(NC(CCN1CC2CN(C(=O)c3sccc3Cl)C[C@@H]2C1)c1ccccc1)C1CCOC1. The lowest BCUT2D eigenvalue weighted by Gasteiger charge is -2.25. The van der Waals surface area contributed by atoms with Crippen LogP contribution in [0.4, 0.5) is 0 Å². The van der Waals surface area contributed by atoms with E-state index in [0.717, 1.165) is 51.1 Å². The molecule has 2 aromatic rings. The molecule has 33 heavy (non-hydrogen) atoms. The summed E-state index contributed by atoms with van der Waals surface area (Å²) in [6.45, 7) is 5.72. The third-order valence-corrected chi connectivity index (χ3v) is 8.54. The summed E-state index contributed by atoms with van der Waals surface area (Å²) in [6.07, 6.45) is 1.67. The lowest BCUT2D eigenvalue weighted by Crippen LogP contribution is -2.37. The van der Waals surface area contributed by atoms with Crippen molar-refractivity contribution in [2.24, 2.45) is 17.8 Å². The van der Waals surface area contributed by atoms with E-state index in [0.29, 0.717) is 34.9 Å². The van der Waals surface area contributed by atoms with Gasteiger partial charge in [0.15, 0.2) is 0 Å². The largest absolute Gasteiger partial charge is 0.381 e. The Morgan fingerprint density at radius 1 is 1.12 bits per heavy atom. The minimum absolute atomic E-state index is 0.00112. The quantitative estimate of drug-likeness (QED) is 0.647.